The van der Waals surface area contributed by atoms with E-state index in [-0.39, 0.29) is 45.0 Å². The molecule has 0 saturated carbocycles. The Hall–Kier alpha value is -3.19. The second-order valence-corrected chi connectivity index (χ2v) is 6.19. The summed E-state index contributed by atoms with van der Waals surface area (Å²) >= 11 is 0. The lowest BCUT2D eigenvalue weighted by Gasteiger charge is -2.18. The van der Waals surface area contributed by atoms with Crippen molar-refractivity contribution in [2.75, 3.05) is 10.6 Å². The summed E-state index contributed by atoms with van der Waals surface area (Å²) < 4.78 is 0. The second-order valence-electron chi connectivity index (χ2n) is 6.19. The Balaban J connectivity index is 2.24. The maximum absolute atomic E-state index is 12.8. The predicted molar refractivity (Wildman–Crippen MR) is 95.5 cm³/mol. The Bertz CT molecular complexity index is 938. The molecule has 1 aliphatic rings. The molecular formula is C17H16N4O7. The van der Waals surface area contributed by atoms with Crippen molar-refractivity contribution >= 4 is 40.3 Å². The number of carbonyl (C=O) groups excluding carboxylic acids is 3. The number of quaternary nitrogens is 2. The van der Waals surface area contributed by atoms with E-state index in [2.05, 4.69) is 10.6 Å². The van der Waals surface area contributed by atoms with Crippen LogP contribution in [0.2, 0.25) is 0 Å². The highest BCUT2D eigenvalue weighted by Gasteiger charge is 2.32. The van der Waals surface area contributed by atoms with E-state index < -0.39 is 28.1 Å². The third kappa shape index (κ3) is 3.36. The number of ketones is 1. The van der Waals surface area contributed by atoms with Crippen molar-refractivity contribution < 1.29 is 35.3 Å². The van der Waals surface area contributed by atoms with E-state index in [9.17, 15) is 35.2 Å². The van der Waals surface area contributed by atoms with E-state index in [4.69, 9.17) is 0 Å². The normalized spacial score (nSPS) is 14.1. The molecule has 11 nitrogen and oxygen atoms in total. The molecule has 146 valence electrons. The van der Waals surface area contributed by atoms with Gasteiger partial charge in [-0.2, -0.15) is 10.5 Å². The number of hydrogen-bond donors (Lipinski definition) is 6. The zero-order valence-electron chi connectivity index (χ0n) is 14.7. The first kappa shape index (κ1) is 19.6. The van der Waals surface area contributed by atoms with E-state index in [0.29, 0.717) is 0 Å². The molecule has 28 heavy (non-hydrogen) atoms. The predicted octanol–water partition coefficient (Wildman–Crippen LogP) is -0.378. The summed E-state index contributed by atoms with van der Waals surface area (Å²) in [4.78, 5) is 35.5. The lowest BCUT2D eigenvalue weighted by Crippen LogP contribution is -2.99. The molecule has 0 radical (unpaired) electrons. The molecule has 11 heteroatoms. The van der Waals surface area contributed by atoms with Gasteiger partial charge in [0.05, 0.1) is 0 Å². The van der Waals surface area contributed by atoms with Crippen LogP contribution in [0.4, 0.5) is 22.7 Å². The van der Waals surface area contributed by atoms with Crippen LogP contribution >= 0.6 is 0 Å². The average Bonchev–Trinajstić information content (AvgIpc) is 2.84. The summed E-state index contributed by atoms with van der Waals surface area (Å²) in [7, 11) is 0. The summed E-state index contributed by atoms with van der Waals surface area (Å²) in [6.45, 7) is 2.41. The topological polar surface area (TPSA) is 171 Å². The lowest BCUT2D eigenvalue weighted by atomic mass is 10.0. The minimum absolute atomic E-state index is 0.0413. The number of hydrogen-bond acceptors (Lipinski definition) is 7. The molecule has 0 aromatic heterocycles. The molecule has 0 fully saturated rings. The number of nitrogens with one attached hydrogen (secondary N) is 4. The number of fused-ring (bicyclic) bond motifs is 3. The number of rotatable bonds is 4. The molecule has 0 bridgehead atoms. The molecule has 6 N–H and O–H groups in total. The van der Waals surface area contributed by atoms with Gasteiger partial charge in [-0.05, 0) is 23.3 Å². The number of amides is 2. The Morgan fingerprint density at radius 1 is 0.786 bits per heavy atom. The first-order valence-corrected chi connectivity index (χ1v) is 8.03. The standard InChI is InChI=1S/C17H16N4O7/c1-7(22)18-13-3-11-9(5-15(13)20(25)26)10-6-16(21(27)28)14(19-8(2)23)4-12(10)17(11)24/h3-6,20-21,25,27H,1-2H3,(H,18,22)(H,19,23). The Morgan fingerprint density at radius 2 is 1.14 bits per heavy atom. The van der Waals surface area contributed by atoms with Crippen LogP contribution in [0.5, 0.6) is 0 Å². The van der Waals surface area contributed by atoms with Crippen LogP contribution in [0.1, 0.15) is 29.8 Å². The van der Waals surface area contributed by atoms with Gasteiger partial charge >= 0.3 is 0 Å². The van der Waals surface area contributed by atoms with Gasteiger partial charge in [0.2, 0.25) is 11.8 Å². The number of carbonyl (C=O) groups is 3. The molecule has 0 spiro atoms. The van der Waals surface area contributed by atoms with Gasteiger partial charge in [-0.15, -0.1) is 0 Å². The molecular weight excluding hydrogens is 372 g/mol. The van der Waals surface area contributed by atoms with Gasteiger partial charge in [-0.25, -0.2) is 10.4 Å². The number of anilines is 2. The third-order valence-electron chi connectivity index (χ3n) is 4.18. The molecule has 2 unspecified atom stereocenters. The van der Waals surface area contributed by atoms with E-state index in [1.807, 2.05) is 0 Å². The minimum Gasteiger partial charge on any atom is -0.595 e. The van der Waals surface area contributed by atoms with Crippen molar-refractivity contribution in [3.63, 3.8) is 0 Å². The maximum Gasteiger partial charge on any atom is 0.221 e. The SMILES string of the molecule is CC(=O)Nc1cc2c(cc1[NH+]([O-])O)-c1cc([NH+]([O-])O)c(NC(C)=O)cc1C2=O. The zero-order valence-corrected chi connectivity index (χ0v) is 14.7. The van der Waals surface area contributed by atoms with Gasteiger partial charge in [0.25, 0.3) is 0 Å². The van der Waals surface area contributed by atoms with Crippen molar-refractivity contribution in [3.8, 4) is 11.1 Å². The zero-order chi connectivity index (χ0) is 20.7. The maximum atomic E-state index is 12.8. The van der Waals surface area contributed by atoms with Crippen LogP contribution in [0.25, 0.3) is 11.1 Å². The van der Waals surface area contributed by atoms with Gasteiger partial charge in [-0.3, -0.25) is 14.4 Å². The van der Waals surface area contributed by atoms with E-state index in [0.717, 1.165) is 0 Å². The van der Waals surface area contributed by atoms with Crippen molar-refractivity contribution in [3.05, 3.63) is 45.8 Å². The Kier molecular flexibility index (Phi) is 4.95. The number of benzene rings is 2. The van der Waals surface area contributed by atoms with Crippen LogP contribution in [0, 0.1) is 10.4 Å². The van der Waals surface area contributed by atoms with Gasteiger partial charge in [0.1, 0.15) is 11.4 Å². The second kappa shape index (κ2) is 7.09. The Labute approximate surface area is 157 Å². The molecule has 0 aliphatic heterocycles. The van der Waals surface area contributed by atoms with Crippen LogP contribution in [0.15, 0.2) is 24.3 Å². The van der Waals surface area contributed by atoms with E-state index >= 15 is 0 Å². The Morgan fingerprint density at radius 3 is 1.43 bits per heavy atom. The summed E-state index contributed by atoms with van der Waals surface area (Å²) in [6.07, 6.45) is 0. The van der Waals surface area contributed by atoms with Gasteiger partial charge in [0.15, 0.2) is 17.2 Å². The largest absolute Gasteiger partial charge is 0.595 e. The molecule has 2 amide bonds. The van der Waals surface area contributed by atoms with Crippen LogP contribution in [-0.2, 0) is 9.59 Å². The lowest BCUT2D eigenvalue weighted by molar-refractivity contribution is -0.990. The summed E-state index contributed by atoms with van der Waals surface area (Å²) in [5, 5.41) is 44.1. The molecule has 2 aromatic carbocycles. The van der Waals surface area contributed by atoms with Crippen molar-refractivity contribution in [1.82, 2.24) is 0 Å². The van der Waals surface area contributed by atoms with Crippen LogP contribution in [-0.4, -0.2) is 28.0 Å². The molecule has 1 aliphatic carbocycles. The van der Waals surface area contributed by atoms with Gasteiger partial charge in [-0.1, -0.05) is 0 Å². The van der Waals surface area contributed by atoms with Gasteiger partial charge < -0.3 is 21.0 Å². The van der Waals surface area contributed by atoms with Crippen LogP contribution < -0.4 is 21.1 Å². The fourth-order valence-electron chi connectivity index (χ4n) is 3.11. The smallest absolute Gasteiger partial charge is 0.221 e. The molecule has 2 atom stereocenters. The van der Waals surface area contributed by atoms with E-state index in [1.165, 1.54) is 38.1 Å². The molecule has 3 rings (SSSR count). The van der Waals surface area contributed by atoms with E-state index in [1.54, 1.807) is 0 Å². The molecule has 2 aromatic rings. The fourth-order valence-corrected chi connectivity index (χ4v) is 3.11. The summed E-state index contributed by atoms with van der Waals surface area (Å²) in [5.74, 6) is -1.49. The van der Waals surface area contributed by atoms with Crippen molar-refractivity contribution in [2.24, 2.45) is 0 Å². The third-order valence-corrected chi connectivity index (χ3v) is 4.18. The van der Waals surface area contributed by atoms with Crippen molar-refractivity contribution in [1.29, 1.82) is 0 Å². The molecule has 0 heterocycles. The van der Waals surface area contributed by atoms with Crippen LogP contribution in [0.3, 0.4) is 0 Å². The summed E-state index contributed by atoms with van der Waals surface area (Å²) in [5.41, 5.74) is 0.169. The summed E-state index contributed by atoms with van der Waals surface area (Å²) in [6, 6.07) is 4.94. The van der Waals surface area contributed by atoms with Gasteiger partial charge in [0, 0.05) is 37.1 Å². The monoisotopic (exact) mass is 388 g/mol. The highest BCUT2D eigenvalue weighted by Crippen LogP contribution is 2.43. The minimum atomic E-state index is -1.32. The molecule has 0 saturated heterocycles. The fraction of sp³-hybridized carbons (Fsp3) is 0.118. The van der Waals surface area contributed by atoms with Crippen molar-refractivity contribution in [2.45, 2.75) is 13.8 Å². The first-order valence-electron chi connectivity index (χ1n) is 8.03. The average molecular weight is 388 g/mol. The quantitative estimate of drug-likeness (QED) is 0.331. The highest BCUT2D eigenvalue weighted by atomic mass is 16.8. The highest BCUT2D eigenvalue weighted by molar-refractivity contribution is 6.23. The first-order chi connectivity index (χ1) is 13.1.